The lowest BCUT2D eigenvalue weighted by molar-refractivity contribution is 0.159. The third-order valence-electron chi connectivity index (χ3n) is 4.09. The zero-order valence-electron chi connectivity index (χ0n) is 13.1. The molecular weight excluding hydrogens is 248 g/mol. The predicted molar refractivity (Wildman–Crippen MR) is 84.2 cm³/mol. The van der Waals surface area contributed by atoms with Crippen molar-refractivity contribution in [3.8, 4) is 5.75 Å². The van der Waals surface area contributed by atoms with E-state index in [-0.39, 0.29) is 0 Å². The van der Waals surface area contributed by atoms with Gasteiger partial charge in [-0.15, -0.1) is 0 Å². The van der Waals surface area contributed by atoms with Crippen molar-refractivity contribution in [2.75, 3.05) is 33.3 Å². The predicted octanol–water partition coefficient (Wildman–Crippen LogP) is 3.08. The van der Waals surface area contributed by atoms with Crippen molar-refractivity contribution in [1.82, 2.24) is 10.2 Å². The fraction of sp³-hybridized carbons (Fsp3) is 0.647. The number of hydrogen-bond donors (Lipinski definition) is 1. The number of rotatable bonds is 6. The highest BCUT2D eigenvalue weighted by Crippen LogP contribution is 2.29. The fourth-order valence-electron chi connectivity index (χ4n) is 2.89. The monoisotopic (exact) mass is 276 g/mol. The van der Waals surface area contributed by atoms with Gasteiger partial charge in [0.25, 0.3) is 0 Å². The lowest BCUT2D eigenvalue weighted by Gasteiger charge is -2.35. The maximum Gasteiger partial charge on any atom is 0.119 e. The Balaban J connectivity index is 2.14. The lowest BCUT2D eigenvalue weighted by atomic mass is 9.95. The molecule has 112 valence electrons. The average Bonchev–Trinajstić information content (AvgIpc) is 2.48. The van der Waals surface area contributed by atoms with Crippen molar-refractivity contribution in [3.05, 3.63) is 29.8 Å². The Bertz CT molecular complexity index is 400. The van der Waals surface area contributed by atoms with E-state index >= 15 is 0 Å². The highest BCUT2D eigenvalue weighted by atomic mass is 16.5. The van der Waals surface area contributed by atoms with Crippen LogP contribution in [0.25, 0.3) is 0 Å². The molecule has 1 aliphatic rings. The molecule has 0 radical (unpaired) electrons. The van der Waals surface area contributed by atoms with Crippen LogP contribution in [-0.2, 0) is 0 Å². The van der Waals surface area contributed by atoms with Crippen molar-refractivity contribution < 1.29 is 4.74 Å². The molecule has 1 saturated heterocycles. The molecule has 0 aromatic heterocycles. The summed E-state index contributed by atoms with van der Waals surface area (Å²) in [5.74, 6) is 1.72. The van der Waals surface area contributed by atoms with Gasteiger partial charge in [0.2, 0.25) is 0 Å². The van der Waals surface area contributed by atoms with E-state index in [1.165, 1.54) is 18.4 Å². The highest BCUT2D eigenvalue weighted by molar-refractivity contribution is 5.30. The molecule has 0 saturated carbocycles. The maximum atomic E-state index is 5.39. The van der Waals surface area contributed by atoms with Gasteiger partial charge in [0, 0.05) is 32.2 Å². The van der Waals surface area contributed by atoms with E-state index < -0.39 is 0 Å². The normalized spacial score (nSPS) is 18.2. The number of nitrogens with zero attached hydrogens (tertiary/aromatic N) is 1. The number of benzene rings is 1. The minimum Gasteiger partial charge on any atom is -0.497 e. The maximum absolute atomic E-state index is 5.39. The van der Waals surface area contributed by atoms with E-state index in [2.05, 4.69) is 42.3 Å². The van der Waals surface area contributed by atoms with Gasteiger partial charge >= 0.3 is 0 Å². The van der Waals surface area contributed by atoms with Crippen LogP contribution in [0, 0.1) is 5.92 Å². The first kappa shape index (κ1) is 15.3. The number of methoxy groups -OCH3 is 1. The molecule has 3 heteroatoms. The van der Waals surface area contributed by atoms with Gasteiger partial charge in [0.15, 0.2) is 0 Å². The first-order valence-corrected chi connectivity index (χ1v) is 7.79. The van der Waals surface area contributed by atoms with Crippen LogP contribution in [0.2, 0.25) is 0 Å². The molecule has 0 aliphatic carbocycles. The standard InChI is InChI=1S/C17H28N2O/c1-14(2)7-8-17(19-11-9-18-10-12-19)15-5-4-6-16(13-15)20-3/h4-6,13-14,17-18H,7-12H2,1-3H3/t17-/m0/s1. The molecule has 1 fully saturated rings. The van der Waals surface area contributed by atoms with Crippen molar-refractivity contribution in [2.45, 2.75) is 32.7 Å². The summed E-state index contributed by atoms with van der Waals surface area (Å²) in [6.07, 6.45) is 2.50. The average molecular weight is 276 g/mol. The van der Waals surface area contributed by atoms with Crippen LogP contribution in [-0.4, -0.2) is 38.2 Å². The second-order valence-electron chi connectivity index (χ2n) is 6.05. The molecule has 1 heterocycles. The SMILES string of the molecule is COc1cccc([C@H](CCC(C)C)N2CCNCC2)c1. The van der Waals surface area contributed by atoms with Crippen molar-refractivity contribution in [1.29, 1.82) is 0 Å². The minimum absolute atomic E-state index is 0.523. The largest absolute Gasteiger partial charge is 0.497 e. The number of ether oxygens (including phenoxy) is 1. The number of piperazine rings is 1. The molecule has 1 aromatic rings. The first-order valence-electron chi connectivity index (χ1n) is 7.79. The summed E-state index contributed by atoms with van der Waals surface area (Å²) >= 11 is 0. The molecule has 3 nitrogen and oxygen atoms in total. The van der Waals surface area contributed by atoms with Crippen LogP contribution in [0.3, 0.4) is 0 Å². The Morgan fingerprint density at radius 2 is 1.95 bits per heavy atom. The van der Waals surface area contributed by atoms with Gasteiger partial charge < -0.3 is 10.1 Å². The molecule has 0 unspecified atom stereocenters. The van der Waals surface area contributed by atoms with Gasteiger partial charge in [-0.05, 0) is 36.5 Å². The van der Waals surface area contributed by atoms with Gasteiger partial charge in [0.1, 0.15) is 5.75 Å². The summed E-state index contributed by atoms with van der Waals surface area (Å²) in [6.45, 7) is 9.09. The fourth-order valence-corrected chi connectivity index (χ4v) is 2.89. The van der Waals surface area contributed by atoms with E-state index in [4.69, 9.17) is 4.74 Å². The van der Waals surface area contributed by atoms with Crippen LogP contribution in [0.15, 0.2) is 24.3 Å². The van der Waals surface area contributed by atoms with E-state index in [9.17, 15) is 0 Å². The Labute approximate surface area is 123 Å². The molecule has 1 N–H and O–H groups in total. The Morgan fingerprint density at radius 3 is 2.60 bits per heavy atom. The smallest absolute Gasteiger partial charge is 0.119 e. The van der Waals surface area contributed by atoms with Gasteiger partial charge in [-0.3, -0.25) is 4.90 Å². The molecule has 1 aromatic carbocycles. The minimum atomic E-state index is 0.523. The molecule has 0 bridgehead atoms. The molecular formula is C17H28N2O. The van der Waals surface area contributed by atoms with Gasteiger partial charge in [-0.1, -0.05) is 26.0 Å². The molecule has 20 heavy (non-hydrogen) atoms. The number of nitrogens with one attached hydrogen (secondary N) is 1. The zero-order chi connectivity index (χ0) is 14.4. The quantitative estimate of drug-likeness (QED) is 0.864. The van der Waals surface area contributed by atoms with E-state index in [0.29, 0.717) is 6.04 Å². The zero-order valence-corrected chi connectivity index (χ0v) is 13.1. The summed E-state index contributed by atoms with van der Waals surface area (Å²) in [5, 5.41) is 3.44. The molecule has 1 aliphatic heterocycles. The molecule has 2 rings (SSSR count). The summed E-state index contributed by atoms with van der Waals surface area (Å²) in [5.41, 5.74) is 1.40. The van der Waals surface area contributed by atoms with Crippen LogP contribution in [0.4, 0.5) is 0 Å². The van der Waals surface area contributed by atoms with E-state index in [0.717, 1.165) is 37.8 Å². The van der Waals surface area contributed by atoms with E-state index in [1.807, 2.05) is 6.07 Å². The Hall–Kier alpha value is -1.06. The van der Waals surface area contributed by atoms with Gasteiger partial charge in [-0.2, -0.15) is 0 Å². The van der Waals surface area contributed by atoms with Gasteiger partial charge in [-0.25, -0.2) is 0 Å². The third-order valence-corrected chi connectivity index (χ3v) is 4.09. The third kappa shape index (κ3) is 4.22. The topological polar surface area (TPSA) is 24.5 Å². The summed E-state index contributed by atoms with van der Waals surface area (Å²) < 4.78 is 5.39. The van der Waals surface area contributed by atoms with Crippen molar-refractivity contribution >= 4 is 0 Å². The summed E-state index contributed by atoms with van der Waals surface area (Å²) in [4.78, 5) is 2.62. The second kappa shape index (κ2) is 7.65. The summed E-state index contributed by atoms with van der Waals surface area (Å²) in [7, 11) is 1.74. The number of hydrogen-bond acceptors (Lipinski definition) is 3. The van der Waals surface area contributed by atoms with Crippen molar-refractivity contribution in [2.24, 2.45) is 5.92 Å². The van der Waals surface area contributed by atoms with Gasteiger partial charge in [0.05, 0.1) is 7.11 Å². The molecule has 0 spiro atoms. The Morgan fingerprint density at radius 1 is 1.20 bits per heavy atom. The highest BCUT2D eigenvalue weighted by Gasteiger charge is 2.22. The van der Waals surface area contributed by atoms with Crippen molar-refractivity contribution in [3.63, 3.8) is 0 Å². The first-order chi connectivity index (χ1) is 9.70. The van der Waals surface area contributed by atoms with Crippen LogP contribution >= 0.6 is 0 Å². The van der Waals surface area contributed by atoms with Crippen LogP contribution in [0.5, 0.6) is 5.75 Å². The van der Waals surface area contributed by atoms with E-state index in [1.54, 1.807) is 7.11 Å². The summed E-state index contributed by atoms with van der Waals surface area (Å²) in [6, 6.07) is 9.11. The van der Waals surface area contributed by atoms with Crippen LogP contribution < -0.4 is 10.1 Å². The molecule has 0 amide bonds. The molecule has 1 atom stereocenters. The Kier molecular flexibility index (Phi) is 5.86. The van der Waals surface area contributed by atoms with Crippen LogP contribution in [0.1, 0.15) is 38.3 Å². The lowest BCUT2D eigenvalue weighted by Crippen LogP contribution is -2.45. The second-order valence-corrected chi connectivity index (χ2v) is 6.05.